The molecule has 2 rings (SSSR count). The van der Waals surface area contributed by atoms with Crippen molar-refractivity contribution in [2.75, 3.05) is 0 Å². The first kappa shape index (κ1) is 13.0. The van der Waals surface area contributed by atoms with Crippen molar-refractivity contribution < 1.29 is 9.18 Å². The lowest BCUT2D eigenvalue weighted by Crippen LogP contribution is -2.04. The summed E-state index contributed by atoms with van der Waals surface area (Å²) >= 11 is 3.43. The topological polar surface area (TPSA) is 17.1 Å². The fourth-order valence-corrected chi connectivity index (χ4v) is 2.24. The molecule has 0 saturated heterocycles. The molecule has 2 aromatic carbocycles. The van der Waals surface area contributed by atoms with Gasteiger partial charge in [0.15, 0.2) is 5.78 Å². The van der Waals surface area contributed by atoms with Crippen molar-refractivity contribution in [3.8, 4) is 0 Å². The molecule has 0 N–H and O–H groups in total. The van der Waals surface area contributed by atoms with Gasteiger partial charge in [-0.1, -0.05) is 15.9 Å². The maximum absolute atomic E-state index is 12.8. The van der Waals surface area contributed by atoms with E-state index in [-0.39, 0.29) is 11.6 Å². The van der Waals surface area contributed by atoms with E-state index in [1.165, 1.54) is 24.3 Å². The van der Waals surface area contributed by atoms with Gasteiger partial charge in [0.25, 0.3) is 0 Å². The average molecular weight is 307 g/mol. The van der Waals surface area contributed by atoms with Crippen molar-refractivity contribution in [3.05, 3.63) is 68.9 Å². The number of carbonyl (C=O) groups is 1. The molecule has 0 aliphatic heterocycles. The van der Waals surface area contributed by atoms with Gasteiger partial charge < -0.3 is 0 Å². The van der Waals surface area contributed by atoms with E-state index in [1.807, 2.05) is 26.0 Å². The van der Waals surface area contributed by atoms with Crippen LogP contribution in [0, 0.1) is 19.7 Å². The van der Waals surface area contributed by atoms with Crippen LogP contribution in [0.5, 0.6) is 0 Å². The molecule has 0 unspecified atom stereocenters. The summed E-state index contributed by atoms with van der Waals surface area (Å²) in [5.41, 5.74) is 3.07. The SMILES string of the molecule is Cc1cc(C(=O)c2ccc(F)cc2)c(C)cc1Br. The van der Waals surface area contributed by atoms with Crippen LogP contribution in [-0.2, 0) is 0 Å². The van der Waals surface area contributed by atoms with Crippen molar-refractivity contribution in [2.24, 2.45) is 0 Å². The third kappa shape index (κ3) is 2.51. The Morgan fingerprint density at radius 3 is 2.28 bits per heavy atom. The molecule has 2 aromatic rings. The highest BCUT2D eigenvalue weighted by Gasteiger charge is 2.13. The Morgan fingerprint density at radius 1 is 1.06 bits per heavy atom. The fraction of sp³-hybridized carbons (Fsp3) is 0.133. The van der Waals surface area contributed by atoms with Gasteiger partial charge in [0, 0.05) is 15.6 Å². The highest BCUT2D eigenvalue weighted by molar-refractivity contribution is 9.10. The summed E-state index contributed by atoms with van der Waals surface area (Å²) in [7, 11) is 0. The van der Waals surface area contributed by atoms with Gasteiger partial charge in [-0.25, -0.2) is 4.39 Å². The van der Waals surface area contributed by atoms with Gasteiger partial charge in [-0.05, 0) is 61.4 Å². The number of carbonyl (C=O) groups excluding carboxylic acids is 1. The molecular formula is C15H12BrFO. The van der Waals surface area contributed by atoms with E-state index in [2.05, 4.69) is 15.9 Å². The molecule has 0 spiro atoms. The molecule has 0 aliphatic carbocycles. The van der Waals surface area contributed by atoms with Crippen LogP contribution in [0.1, 0.15) is 27.0 Å². The normalized spacial score (nSPS) is 10.4. The minimum absolute atomic E-state index is 0.0805. The van der Waals surface area contributed by atoms with Crippen LogP contribution in [0.2, 0.25) is 0 Å². The molecule has 0 radical (unpaired) electrons. The molecule has 0 bridgehead atoms. The summed E-state index contributed by atoms with van der Waals surface area (Å²) < 4.78 is 13.8. The summed E-state index contributed by atoms with van der Waals surface area (Å²) in [5.74, 6) is -0.418. The zero-order valence-electron chi connectivity index (χ0n) is 10.1. The highest BCUT2D eigenvalue weighted by atomic mass is 79.9. The van der Waals surface area contributed by atoms with Gasteiger partial charge in [-0.3, -0.25) is 4.79 Å². The van der Waals surface area contributed by atoms with Gasteiger partial charge in [0.05, 0.1) is 0 Å². The van der Waals surface area contributed by atoms with E-state index in [0.717, 1.165) is 15.6 Å². The Morgan fingerprint density at radius 2 is 1.67 bits per heavy atom. The Hall–Kier alpha value is -1.48. The highest BCUT2D eigenvalue weighted by Crippen LogP contribution is 2.23. The molecule has 3 heteroatoms. The van der Waals surface area contributed by atoms with Crippen LogP contribution in [0.15, 0.2) is 40.9 Å². The maximum Gasteiger partial charge on any atom is 0.193 e. The molecule has 0 aromatic heterocycles. The van der Waals surface area contributed by atoms with Gasteiger partial charge in [0.2, 0.25) is 0 Å². The van der Waals surface area contributed by atoms with Crippen LogP contribution >= 0.6 is 15.9 Å². The lowest BCUT2D eigenvalue weighted by molar-refractivity contribution is 0.103. The molecule has 92 valence electrons. The Bertz CT molecular complexity index is 603. The Kier molecular flexibility index (Phi) is 3.62. The Labute approximate surface area is 114 Å². The molecule has 18 heavy (non-hydrogen) atoms. The zero-order chi connectivity index (χ0) is 13.3. The molecule has 0 fully saturated rings. The van der Waals surface area contributed by atoms with E-state index in [4.69, 9.17) is 0 Å². The van der Waals surface area contributed by atoms with Gasteiger partial charge in [-0.15, -0.1) is 0 Å². The van der Waals surface area contributed by atoms with E-state index in [0.29, 0.717) is 11.1 Å². The number of aryl methyl sites for hydroxylation is 2. The predicted octanol–water partition coefficient (Wildman–Crippen LogP) is 4.44. The third-order valence-corrected chi connectivity index (χ3v) is 3.71. The second kappa shape index (κ2) is 5.02. The van der Waals surface area contributed by atoms with E-state index in [9.17, 15) is 9.18 Å². The summed E-state index contributed by atoms with van der Waals surface area (Å²) in [4.78, 5) is 12.3. The monoisotopic (exact) mass is 306 g/mol. The van der Waals surface area contributed by atoms with Crippen LogP contribution in [0.4, 0.5) is 4.39 Å². The summed E-state index contributed by atoms with van der Waals surface area (Å²) in [6, 6.07) is 9.39. The van der Waals surface area contributed by atoms with Crippen LogP contribution in [0.25, 0.3) is 0 Å². The molecular weight excluding hydrogens is 295 g/mol. The van der Waals surface area contributed by atoms with Crippen molar-refractivity contribution >= 4 is 21.7 Å². The summed E-state index contributed by atoms with van der Waals surface area (Å²) in [5, 5.41) is 0. The number of ketones is 1. The molecule has 0 heterocycles. The molecule has 0 atom stereocenters. The fourth-order valence-electron chi connectivity index (χ4n) is 1.78. The molecule has 0 saturated carbocycles. The second-order valence-electron chi connectivity index (χ2n) is 4.25. The molecule has 0 aliphatic rings. The number of hydrogen-bond donors (Lipinski definition) is 0. The molecule has 1 nitrogen and oxygen atoms in total. The van der Waals surface area contributed by atoms with Crippen LogP contribution in [-0.4, -0.2) is 5.78 Å². The van der Waals surface area contributed by atoms with E-state index < -0.39 is 0 Å². The smallest absolute Gasteiger partial charge is 0.193 e. The third-order valence-electron chi connectivity index (χ3n) is 2.86. The van der Waals surface area contributed by atoms with Crippen molar-refractivity contribution in [1.29, 1.82) is 0 Å². The lowest BCUT2D eigenvalue weighted by Gasteiger charge is -2.08. The Balaban J connectivity index is 2.46. The largest absolute Gasteiger partial charge is 0.289 e. The maximum atomic E-state index is 12.8. The second-order valence-corrected chi connectivity index (χ2v) is 5.11. The summed E-state index contributed by atoms with van der Waals surface area (Å²) in [6.07, 6.45) is 0. The standard InChI is InChI=1S/C15H12BrFO/c1-9-8-14(16)10(2)7-13(9)15(18)11-3-5-12(17)6-4-11/h3-8H,1-2H3. The minimum Gasteiger partial charge on any atom is -0.289 e. The number of rotatable bonds is 2. The van der Waals surface area contributed by atoms with E-state index in [1.54, 1.807) is 0 Å². The van der Waals surface area contributed by atoms with Crippen molar-refractivity contribution in [2.45, 2.75) is 13.8 Å². The van der Waals surface area contributed by atoms with Gasteiger partial charge in [-0.2, -0.15) is 0 Å². The molecule has 0 amide bonds. The number of benzene rings is 2. The van der Waals surface area contributed by atoms with Crippen LogP contribution in [0.3, 0.4) is 0 Å². The van der Waals surface area contributed by atoms with Gasteiger partial charge in [0.1, 0.15) is 5.82 Å². The first-order valence-corrected chi connectivity index (χ1v) is 6.35. The van der Waals surface area contributed by atoms with Crippen molar-refractivity contribution in [3.63, 3.8) is 0 Å². The predicted molar refractivity (Wildman–Crippen MR) is 73.4 cm³/mol. The quantitative estimate of drug-likeness (QED) is 0.750. The summed E-state index contributed by atoms with van der Waals surface area (Å²) in [6.45, 7) is 3.83. The first-order chi connectivity index (χ1) is 8.49. The van der Waals surface area contributed by atoms with Gasteiger partial charge >= 0.3 is 0 Å². The average Bonchev–Trinajstić information content (AvgIpc) is 2.34. The lowest BCUT2D eigenvalue weighted by atomic mass is 9.97. The first-order valence-electron chi connectivity index (χ1n) is 5.56. The van der Waals surface area contributed by atoms with E-state index >= 15 is 0 Å². The number of halogens is 2. The van der Waals surface area contributed by atoms with Crippen molar-refractivity contribution in [1.82, 2.24) is 0 Å². The zero-order valence-corrected chi connectivity index (χ0v) is 11.7. The minimum atomic E-state index is -0.338. The van der Waals surface area contributed by atoms with Crippen LogP contribution < -0.4 is 0 Å². The number of hydrogen-bond acceptors (Lipinski definition) is 1.